The lowest BCUT2D eigenvalue weighted by molar-refractivity contribution is -0.138. The van der Waals surface area contributed by atoms with Gasteiger partial charge < -0.3 is 4.74 Å². The highest BCUT2D eigenvalue weighted by Gasteiger charge is 2.00. The molecule has 0 aliphatic heterocycles. The van der Waals surface area contributed by atoms with Crippen LogP contribution >= 0.6 is 12.6 Å². The summed E-state index contributed by atoms with van der Waals surface area (Å²) >= 11 is 3.96. The maximum Gasteiger partial charge on any atom is 0.333 e. The molecule has 0 aromatic heterocycles. The van der Waals surface area contributed by atoms with E-state index in [0.717, 1.165) is 12.2 Å². The Morgan fingerprint density at radius 3 is 2.70 bits per heavy atom. The molecular weight excluding hydrogens is 148 g/mol. The van der Waals surface area contributed by atoms with Gasteiger partial charge in [-0.05, 0) is 19.1 Å². The molecule has 0 aliphatic carbocycles. The molecule has 0 aromatic carbocycles. The zero-order valence-electron chi connectivity index (χ0n) is 6.09. The van der Waals surface area contributed by atoms with Gasteiger partial charge in [-0.3, -0.25) is 0 Å². The largest absolute Gasteiger partial charge is 0.462 e. The summed E-state index contributed by atoms with van der Waals surface area (Å²) in [5.74, 6) is 0.422. The third kappa shape index (κ3) is 4.44. The first-order valence-electron chi connectivity index (χ1n) is 3.12. The lowest BCUT2D eigenvalue weighted by Gasteiger charge is -2.00. The Hall–Kier alpha value is -0.440. The predicted molar refractivity (Wildman–Crippen MR) is 44.2 cm³/mol. The standard InChI is InChI=1S/C7H12O2S/c1-6(2)7(8)9-4-3-5-10/h10H,1,3-5H2,2H3. The molecule has 3 heteroatoms. The molecule has 0 rings (SSSR count). The van der Waals surface area contributed by atoms with Gasteiger partial charge in [-0.2, -0.15) is 12.6 Å². The van der Waals surface area contributed by atoms with Crippen LogP contribution in [0.25, 0.3) is 0 Å². The van der Waals surface area contributed by atoms with Gasteiger partial charge in [0.25, 0.3) is 0 Å². The summed E-state index contributed by atoms with van der Waals surface area (Å²) in [5, 5.41) is 0. The maximum absolute atomic E-state index is 10.7. The molecule has 10 heavy (non-hydrogen) atoms. The summed E-state index contributed by atoms with van der Waals surface area (Å²) in [6.45, 7) is 5.51. The van der Waals surface area contributed by atoms with Gasteiger partial charge >= 0.3 is 5.97 Å². The lowest BCUT2D eigenvalue weighted by Crippen LogP contribution is -2.06. The van der Waals surface area contributed by atoms with Crippen LogP contribution in [0.3, 0.4) is 0 Å². The van der Waals surface area contributed by atoms with Crippen molar-refractivity contribution in [2.45, 2.75) is 13.3 Å². The molecule has 0 unspecified atom stereocenters. The zero-order chi connectivity index (χ0) is 7.98. The minimum absolute atomic E-state index is 0.318. The van der Waals surface area contributed by atoms with E-state index in [-0.39, 0.29) is 5.97 Å². The number of carbonyl (C=O) groups is 1. The molecule has 0 N–H and O–H groups in total. The van der Waals surface area contributed by atoms with Crippen molar-refractivity contribution < 1.29 is 9.53 Å². The van der Waals surface area contributed by atoms with Crippen LogP contribution in [0, 0.1) is 0 Å². The second kappa shape index (κ2) is 5.35. The van der Waals surface area contributed by atoms with Gasteiger partial charge in [0.05, 0.1) is 6.61 Å². The smallest absolute Gasteiger partial charge is 0.333 e. The van der Waals surface area contributed by atoms with E-state index in [1.807, 2.05) is 0 Å². The molecule has 0 heterocycles. The van der Waals surface area contributed by atoms with Gasteiger partial charge in [0.2, 0.25) is 0 Å². The Kier molecular flexibility index (Phi) is 5.12. The van der Waals surface area contributed by atoms with Crippen molar-refractivity contribution in [2.75, 3.05) is 12.4 Å². The van der Waals surface area contributed by atoms with Gasteiger partial charge in [0, 0.05) is 5.57 Å². The molecule has 0 saturated heterocycles. The number of thiol groups is 1. The fraction of sp³-hybridized carbons (Fsp3) is 0.571. The summed E-state index contributed by atoms with van der Waals surface area (Å²) in [6, 6.07) is 0. The second-order valence-electron chi connectivity index (χ2n) is 1.99. The predicted octanol–water partition coefficient (Wildman–Crippen LogP) is 1.43. The normalized spacial score (nSPS) is 9.00. The van der Waals surface area contributed by atoms with Crippen LogP contribution in [-0.4, -0.2) is 18.3 Å². The highest BCUT2D eigenvalue weighted by molar-refractivity contribution is 7.80. The van der Waals surface area contributed by atoms with E-state index in [9.17, 15) is 4.79 Å². The Morgan fingerprint density at radius 1 is 1.70 bits per heavy atom. The minimum Gasteiger partial charge on any atom is -0.462 e. The van der Waals surface area contributed by atoms with E-state index in [0.29, 0.717) is 12.2 Å². The number of rotatable bonds is 4. The molecule has 0 aromatic rings. The summed E-state index contributed by atoms with van der Waals surface area (Å²) in [4.78, 5) is 10.7. The summed E-state index contributed by atoms with van der Waals surface area (Å²) in [7, 11) is 0. The fourth-order valence-electron chi connectivity index (χ4n) is 0.353. The topological polar surface area (TPSA) is 26.3 Å². The Morgan fingerprint density at radius 2 is 2.30 bits per heavy atom. The summed E-state index contributed by atoms with van der Waals surface area (Å²) < 4.78 is 4.76. The number of hydrogen-bond donors (Lipinski definition) is 1. The van der Waals surface area contributed by atoms with Crippen LogP contribution in [0.1, 0.15) is 13.3 Å². The monoisotopic (exact) mass is 160 g/mol. The molecule has 0 radical (unpaired) electrons. The molecule has 0 bridgehead atoms. The first-order valence-corrected chi connectivity index (χ1v) is 3.75. The summed E-state index contributed by atoms with van der Waals surface area (Å²) in [5.41, 5.74) is 0.444. The van der Waals surface area contributed by atoms with Gasteiger partial charge in [0.1, 0.15) is 0 Å². The quantitative estimate of drug-likeness (QED) is 0.291. The first-order chi connectivity index (χ1) is 4.68. The Bertz CT molecular complexity index is 132. The maximum atomic E-state index is 10.7. The molecule has 0 amide bonds. The Balaban J connectivity index is 3.31. The molecule has 0 atom stereocenters. The van der Waals surface area contributed by atoms with Gasteiger partial charge in [-0.15, -0.1) is 0 Å². The molecular formula is C7H12O2S. The van der Waals surface area contributed by atoms with Crippen molar-refractivity contribution in [3.63, 3.8) is 0 Å². The molecule has 0 saturated carbocycles. The van der Waals surface area contributed by atoms with Crippen LogP contribution in [0.15, 0.2) is 12.2 Å². The molecule has 0 fully saturated rings. The van der Waals surface area contributed by atoms with Crippen molar-refractivity contribution in [3.05, 3.63) is 12.2 Å². The van der Waals surface area contributed by atoms with E-state index in [1.54, 1.807) is 6.92 Å². The van der Waals surface area contributed by atoms with Crippen molar-refractivity contribution in [2.24, 2.45) is 0 Å². The van der Waals surface area contributed by atoms with Crippen LogP contribution in [-0.2, 0) is 9.53 Å². The van der Waals surface area contributed by atoms with Gasteiger partial charge in [0.15, 0.2) is 0 Å². The highest BCUT2D eigenvalue weighted by atomic mass is 32.1. The van der Waals surface area contributed by atoms with Gasteiger partial charge in [-0.25, -0.2) is 4.79 Å². The molecule has 0 aliphatic rings. The van der Waals surface area contributed by atoms with Crippen molar-refractivity contribution >= 4 is 18.6 Å². The van der Waals surface area contributed by atoms with E-state index >= 15 is 0 Å². The van der Waals surface area contributed by atoms with Crippen molar-refractivity contribution in [1.82, 2.24) is 0 Å². The van der Waals surface area contributed by atoms with E-state index in [2.05, 4.69) is 19.2 Å². The highest BCUT2D eigenvalue weighted by Crippen LogP contribution is 1.93. The average molecular weight is 160 g/mol. The number of hydrogen-bond acceptors (Lipinski definition) is 3. The SMILES string of the molecule is C=C(C)C(=O)OCCCS. The average Bonchev–Trinajstić information content (AvgIpc) is 1.88. The lowest BCUT2D eigenvalue weighted by atomic mass is 10.4. The van der Waals surface area contributed by atoms with Crippen molar-refractivity contribution in [1.29, 1.82) is 0 Å². The Labute approximate surface area is 66.7 Å². The van der Waals surface area contributed by atoms with Crippen LogP contribution < -0.4 is 0 Å². The van der Waals surface area contributed by atoms with E-state index in [1.165, 1.54) is 0 Å². The number of carbonyl (C=O) groups excluding carboxylic acids is 1. The summed E-state index contributed by atoms with van der Waals surface area (Å²) in [6.07, 6.45) is 0.794. The van der Waals surface area contributed by atoms with Crippen LogP contribution in [0.4, 0.5) is 0 Å². The fourth-order valence-corrected chi connectivity index (χ4v) is 0.482. The van der Waals surface area contributed by atoms with Crippen molar-refractivity contribution in [3.8, 4) is 0 Å². The number of ether oxygens (including phenoxy) is 1. The third-order valence-corrected chi connectivity index (χ3v) is 1.20. The van der Waals surface area contributed by atoms with E-state index in [4.69, 9.17) is 4.74 Å². The first kappa shape index (κ1) is 9.56. The third-order valence-electron chi connectivity index (χ3n) is 0.884. The zero-order valence-corrected chi connectivity index (χ0v) is 6.99. The molecule has 0 spiro atoms. The minimum atomic E-state index is -0.318. The number of esters is 1. The van der Waals surface area contributed by atoms with Crippen LogP contribution in [0.2, 0.25) is 0 Å². The van der Waals surface area contributed by atoms with Crippen LogP contribution in [0.5, 0.6) is 0 Å². The molecule has 58 valence electrons. The molecule has 2 nitrogen and oxygen atoms in total. The second-order valence-corrected chi connectivity index (χ2v) is 2.44. The van der Waals surface area contributed by atoms with Gasteiger partial charge in [-0.1, -0.05) is 6.58 Å². The van der Waals surface area contributed by atoms with E-state index < -0.39 is 0 Å².